The number of rotatable bonds is 6. The van der Waals surface area contributed by atoms with E-state index in [-0.39, 0.29) is 5.91 Å². The van der Waals surface area contributed by atoms with E-state index in [1.54, 1.807) is 14.2 Å². The second kappa shape index (κ2) is 8.58. The molecule has 3 rings (SSSR count). The molecule has 1 amide bonds. The van der Waals surface area contributed by atoms with Gasteiger partial charge in [-0.3, -0.25) is 4.79 Å². The highest BCUT2D eigenvalue weighted by atomic mass is 16.5. The fraction of sp³-hybridized carbons (Fsp3) is 0.350. The van der Waals surface area contributed by atoms with Crippen molar-refractivity contribution >= 4 is 11.6 Å². The summed E-state index contributed by atoms with van der Waals surface area (Å²) in [5.74, 6) is 1.21. The van der Waals surface area contributed by atoms with Gasteiger partial charge in [0, 0.05) is 30.9 Å². The third-order valence-electron chi connectivity index (χ3n) is 4.41. The number of hydrogen-bond donors (Lipinski definition) is 1. The maximum Gasteiger partial charge on any atom is 0.251 e. The Kier molecular flexibility index (Phi) is 5.96. The fourth-order valence-corrected chi connectivity index (χ4v) is 2.92. The van der Waals surface area contributed by atoms with Gasteiger partial charge in [-0.1, -0.05) is 6.07 Å². The van der Waals surface area contributed by atoms with Gasteiger partial charge < -0.3 is 24.4 Å². The van der Waals surface area contributed by atoms with E-state index in [0.717, 1.165) is 37.6 Å². The molecule has 0 atom stereocenters. The molecule has 26 heavy (non-hydrogen) atoms. The highest BCUT2D eigenvalue weighted by Crippen LogP contribution is 2.27. The van der Waals surface area contributed by atoms with Crippen molar-refractivity contribution in [3.63, 3.8) is 0 Å². The molecule has 6 heteroatoms. The molecule has 0 unspecified atom stereocenters. The average molecular weight is 356 g/mol. The number of ether oxygens (including phenoxy) is 3. The van der Waals surface area contributed by atoms with Crippen molar-refractivity contribution in [2.75, 3.05) is 45.4 Å². The smallest absolute Gasteiger partial charge is 0.251 e. The molecular weight excluding hydrogens is 332 g/mol. The van der Waals surface area contributed by atoms with Gasteiger partial charge in [-0.2, -0.15) is 0 Å². The van der Waals surface area contributed by atoms with E-state index in [0.29, 0.717) is 23.6 Å². The van der Waals surface area contributed by atoms with Gasteiger partial charge in [-0.05, 0) is 42.0 Å². The first-order valence-electron chi connectivity index (χ1n) is 8.63. The van der Waals surface area contributed by atoms with E-state index in [2.05, 4.69) is 10.2 Å². The van der Waals surface area contributed by atoms with Crippen LogP contribution in [0, 0.1) is 0 Å². The fourth-order valence-electron chi connectivity index (χ4n) is 2.92. The number of benzene rings is 2. The Morgan fingerprint density at radius 1 is 1.04 bits per heavy atom. The minimum Gasteiger partial charge on any atom is -0.493 e. The minimum absolute atomic E-state index is 0.103. The van der Waals surface area contributed by atoms with E-state index < -0.39 is 0 Å². The van der Waals surface area contributed by atoms with Crippen LogP contribution in [-0.4, -0.2) is 46.4 Å². The van der Waals surface area contributed by atoms with Crippen LogP contribution in [-0.2, 0) is 11.3 Å². The van der Waals surface area contributed by atoms with Gasteiger partial charge in [0.2, 0.25) is 0 Å². The van der Waals surface area contributed by atoms with Gasteiger partial charge in [-0.15, -0.1) is 0 Å². The molecule has 1 aliphatic rings. The van der Waals surface area contributed by atoms with Gasteiger partial charge in [0.15, 0.2) is 11.5 Å². The molecule has 1 fully saturated rings. The topological polar surface area (TPSA) is 60.0 Å². The van der Waals surface area contributed by atoms with Crippen LogP contribution in [0.4, 0.5) is 5.69 Å². The predicted molar refractivity (Wildman–Crippen MR) is 100 cm³/mol. The summed E-state index contributed by atoms with van der Waals surface area (Å²) in [6.45, 7) is 3.67. The number of nitrogens with zero attached hydrogens (tertiary/aromatic N) is 1. The molecule has 1 N–H and O–H groups in total. The molecule has 0 aliphatic carbocycles. The SMILES string of the molecule is COc1ccc(CNC(=O)c2ccc(N3CCOCC3)cc2)cc1OC. The first kappa shape index (κ1) is 18.1. The third kappa shape index (κ3) is 4.26. The highest BCUT2D eigenvalue weighted by molar-refractivity contribution is 5.94. The van der Waals surface area contributed by atoms with Crippen molar-refractivity contribution in [1.29, 1.82) is 0 Å². The zero-order valence-corrected chi connectivity index (χ0v) is 15.2. The lowest BCUT2D eigenvalue weighted by Gasteiger charge is -2.28. The van der Waals surface area contributed by atoms with Gasteiger partial charge in [0.05, 0.1) is 27.4 Å². The van der Waals surface area contributed by atoms with Crippen molar-refractivity contribution in [3.8, 4) is 11.5 Å². The summed E-state index contributed by atoms with van der Waals surface area (Å²) >= 11 is 0. The van der Waals surface area contributed by atoms with Crippen molar-refractivity contribution < 1.29 is 19.0 Å². The maximum atomic E-state index is 12.4. The minimum atomic E-state index is -0.103. The standard InChI is InChI=1S/C20H24N2O4/c1-24-18-8-3-15(13-19(18)25-2)14-21-20(23)16-4-6-17(7-5-16)22-9-11-26-12-10-22/h3-8,13H,9-12,14H2,1-2H3,(H,21,23). The van der Waals surface area contributed by atoms with Crippen LogP contribution in [0.15, 0.2) is 42.5 Å². The van der Waals surface area contributed by atoms with Crippen LogP contribution in [0.2, 0.25) is 0 Å². The quantitative estimate of drug-likeness (QED) is 0.862. The molecule has 0 aromatic heterocycles. The molecule has 2 aromatic carbocycles. The molecule has 0 radical (unpaired) electrons. The molecule has 6 nitrogen and oxygen atoms in total. The third-order valence-corrected chi connectivity index (χ3v) is 4.41. The lowest BCUT2D eigenvalue weighted by atomic mass is 10.1. The Morgan fingerprint density at radius 3 is 2.38 bits per heavy atom. The lowest BCUT2D eigenvalue weighted by Crippen LogP contribution is -2.36. The summed E-state index contributed by atoms with van der Waals surface area (Å²) in [5, 5.41) is 2.93. The lowest BCUT2D eigenvalue weighted by molar-refractivity contribution is 0.0951. The van der Waals surface area contributed by atoms with E-state index in [1.165, 1.54) is 0 Å². The van der Waals surface area contributed by atoms with Crippen LogP contribution in [0.3, 0.4) is 0 Å². The Balaban J connectivity index is 1.59. The van der Waals surface area contributed by atoms with Crippen LogP contribution in [0.1, 0.15) is 15.9 Å². The molecule has 0 spiro atoms. The number of methoxy groups -OCH3 is 2. The van der Waals surface area contributed by atoms with E-state index in [4.69, 9.17) is 14.2 Å². The van der Waals surface area contributed by atoms with Crippen molar-refractivity contribution in [2.24, 2.45) is 0 Å². The summed E-state index contributed by atoms with van der Waals surface area (Å²) in [7, 11) is 3.19. The van der Waals surface area contributed by atoms with Gasteiger partial charge in [0.25, 0.3) is 5.91 Å². The summed E-state index contributed by atoms with van der Waals surface area (Å²) < 4.78 is 15.9. The number of nitrogens with one attached hydrogen (secondary N) is 1. The Labute approximate surface area is 153 Å². The molecule has 1 saturated heterocycles. The number of hydrogen-bond acceptors (Lipinski definition) is 5. The number of anilines is 1. The van der Waals surface area contributed by atoms with Gasteiger partial charge >= 0.3 is 0 Å². The number of carbonyl (C=O) groups excluding carboxylic acids is 1. The zero-order valence-electron chi connectivity index (χ0n) is 15.2. The summed E-state index contributed by atoms with van der Waals surface area (Å²) in [6, 6.07) is 13.3. The summed E-state index contributed by atoms with van der Waals surface area (Å²) in [6.07, 6.45) is 0. The van der Waals surface area contributed by atoms with Crippen LogP contribution in [0.5, 0.6) is 11.5 Å². The van der Waals surface area contributed by atoms with Crippen LogP contribution >= 0.6 is 0 Å². The van der Waals surface area contributed by atoms with E-state index >= 15 is 0 Å². The van der Waals surface area contributed by atoms with Crippen molar-refractivity contribution in [2.45, 2.75) is 6.54 Å². The molecule has 0 bridgehead atoms. The highest BCUT2D eigenvalue weighted by Gasteiger charge is 2.12. The molecule has 138 valence electrons. The molecule has 2 aromatic rings. The average Bonchev–Trinajstić information content (AvgIpc) is 2.72. The first-order chi connectivity index (χ1) is 12.7. The second-order valence-electron chi connectivity index (χ2n) is 6.02. The molecule has 1 aliphatic heterocycles. The predicted octanol–water partition coefficient (Wildman–Crippen LogP) is 2.47. The maximum absolute atomic E-state index is 12.4. The molecule has 0 saturated carbocycles. The first-order valence-corrected chi connectivity index (χ1v) is 8.63. The van der Waals surface area contributed by atoms with E-state index in [9.17, 15) is 4.79 Å². The Hall–Kier alpha value is -2.73. The summed E-state index contributed by atoms with van der Waals surface area (Å²) in [5.41, 5.74) is 2.70. The van der Waals surface area contributed by atoms with E-state index in [1.807, 2.05) is 42.5 Å². The van der Waals surface area contributed by atoms with Crippen LogP contribution < -0.4 is 19.7 Å². The Morgan fingerprint density at radius 2 is 1.73 bits per heavy atom. The van der Waals surface area contributed by atoms with Gasteiger partial charge in [0.1, 0.15) is 0 Å². The molecular formula is C20H24N2O4. The number of morpholine rings is 1. The number of amides is 1. The van der Waals surface area contributed by atoms with Crippen molar-refractivity contribution in [1.82, 2.24) is 5.32 Å². The Bertz CT molecular complexity index is 740. The molecule has 1 heterocycles. The normalized spacial score (nSPS) is 14.0. The van der Waals surface area contributed by atoms with Crippen LogP contribution in [0.25, 0.3) is 0 Å². The second-order valence-corrected chi connectivity index (χ2v) is 6.02. The largest absolute Gasteiger partial charge is 0.493 e. The summed E-state index contributed by atoms with van der Waals surface area (Å²) in [4.78, 5) is 14.6. The number of carbonyl (C=O) groups is 1. The monoisotopic (exact) mass is 356 g/mol. The zero-order chi connectivity index (χ0) is 18.4. The van der Waals surface area contributed by atoms with Gasteiger partial charge in [-0.25, -0.2) is 0 Å². The van der Waals surface area contributed by atoms with Crippen molar-refractivity contribution in [3.05, 3.63) is 53.6 Å².